The number of nitrogens with zero attached hydrogens (tertiary/aromatic N) is 6. The first-order valence-corrected chi connectivity index (χ1v) is 16.0. The van der Waals surface area contributed by atoms with E-state index in [4.69, 9.17) is 9.97 Å². The molecule has 1 amide bonds. The molecule has 11 heteroatoms. The number of amides is 1. The fourth-order valence-electron chi connectivity index (χ4n) is 6.90. The summed E-state index contributed by atoms with van der Waals surface area (Å²) in [5, 5.41) is 6.59. The van der Waals surface area contributed by atoms with Gasteiger partial charge in [-0.05, 0) is 102 Å². The van der Waals surface area contributed by atoms with Gasteiger partial charge in [0.2, 0.25) is 0 Å². The minimum absolute atomic E-state index is 0.0231. The zero-order valence-electron chi connectivity index (χ0n) is 27.1. The fraction of sp³-hybridized carbons (Fsp3) is 0.243. The first-order chi connectivity index (χ1) is 23.1. The Bertz CT molecular complexity index is 2540. The van der Waals surface area contributed by atoms with Gasteiger partial charge in [0.05, 0.1) is 22.1 Å². The van der Waals surface area contributed by atoms with Crippen LogP contribution in [0.4, 0.5) is 0 Å². The monoisotopic (exact) mass is 639 g/mol. The second-order valence-electron chi connectivity index (χ2n) is 13.0. The maximum atomic E-state index is 14.2. The molecule has 240 valence electrons. The van der Waals surface area contributed by atoms with Gasteiger partial charge in [-0.25, -0.2) is 9.97 Å². The SMILES string of the molecule is CN(C)CCCC(=O)c1ccc2nc3c4ccc5c(=O)n6c7cc(C(=O)NCCN(C)C)ccc7nc6c6ccc(c(=O)n3c2c1)c4c56. The van der Waals surface area contributed by atoms with Gasteiger partial charge in [-0.3, -0.25) is 28.0 Å². The van der Waals surface area contributed by atoms with Crippen LogP contribution in [-0.4, -0.2) is 88.1 Å². The molecule has 0 aliphatic heterocycles. The Balaban J connectivity index is 1.32. The smallest absolute Gasteiger partial charge is 0.264 e. The number of ketones is 1. The van der Waals surface area contributed by atoms with E-state index < -0.39 is 0 Å². The van der Waals surface area contributed by atoms with E-state index in [1.165, 1.54) is 0 Å². The lowest BCUT2D eigenvalue weighted by Crippen LogP contribution is -2.31. The molecule has 4 aromatic heterocycles. The van der Waals surface area contributed by atoms with Gasteiger partial charge < -0.3 is 15.1 Å². The topological polar surface area (TPSA) is 121 Å². The summed E-state index contributed by atoms with van der Waals surface area (Å²) in [6, 6.07) is 17.7. The second kappa shape index (κ2) is 11.0. The highest BCUT2D eigenvalue weighted by atomic mass is 16.2. The van der Waals surface area contributed by atoms with Crippen LogP contribution in [0.5, 0.6) is 0 Å². The molecule has 0 fully saturated rings. The quantitative estimate of drug-likeness (QED) is 0.185. The van der Waals surface area contributed by atoms with Gasteiger partial charge in [-0.15, -0.1) is 0 Å². The Hall–Kier alpha value is -5.52. The van der Waals surface area contributed by atoms with Gasteiger partial charge in [0.15, 0.2) is 5.78 Å². The molecule has 0 saturated carbocycles. The molecule has 0 radical (unpaired) electrons. The number of hydrogen-bond donors (Lipinski definition) is 1. The average Bonchev–Trinajstić information content (AvgIpc) is 3.64. The summed E-state index contributed by atoms with van der Waals surface area (Å²) in [5.41, 5.74) is 3.69. The maximum absolute atomic E-state index is 14.2. The number of carbonyl (C=O) groups excluding carboxylic acids is 2. The lowest BCUT2D eigenvalue weighted by atomic mass is 9.96. The molecule has 1 N–H and O–H groups in total. The van der Waals surface area contributed by atoms with Gasteiger partial charge in [0.1, 0.15) is 11.3 Å². The Morgan fingerprint density at radius 2 is 1.17 bits per heavy atom. The van der Waals surface area contributed by atoms with Crippen molar-refractivity contribution in [3.05, 3.63) is 92.5 Å². The highest BCUT2D eigenvalue weighted by Crippen LogP contribution is 2.37. The predicted octanol–water partition coefficient (Wildman–Crippen LogP) is 4.16. The van der Waals surface area contributed by atoms with Crippen molar-refractivity contribution in [1.82, 2.24) is 33.9 Å². The van der Waals surface area contributed by atoms with Crippen molar-refractivity contribution in [2.45, 2.75) is 12.8 Å². The Labute approximate surface area is 273 Å². The predicted molar refractivity (Wildman–Crippen MR) is 189 cm³/mol. The summed E-state index contributed by atoms with van der Waals surface area (Å²) in [6.07, 6.45) is 1.16. The summed E-state index contributed by atoms with van der Waals surface area (Å²) in [5.74, 6) is -0.200. The van der Waals surface area contributed by atoms with Crippen LogP contribution in [0.25, 0.3) is 65.7 Å². The van der Waals surface area contributed by atoms with Crippen LogP contribution in [0.2, 0.25) is 0 Å². The molecule has 0 aliphatic rings. The van der Waals surface area contributed by atoms with Crippen molar-refractivity contribution in [1.29, 1.82) is 0 Å². The van der Waals surface area contributed by atoms with Crippen LogP contribution >= 0.6 is 0 Å². The minimum atomic E-state index is -0.280. The number of carbonyl (C=O) groups is 2. The maximum Gasteiger partial charge on any atom is 0.264 e. The van der Waals surface area contributed by atoms with E-state index >= 15 is 0 Å². The molecule has 4 aromatic carbocycles. The van der Waals surface area contributed by atoms with Crippen LogP contribution in [0.3, 0.4) is 0 Å². The first kappa shape index (κ1) is 29.9. The van der Waals surface area contributed by atoms with Crippen molar-refractivity contribution in [2.75, 3.05) is 47.8 Å². The summed E-state index contributed by atoms with van der Waals surface area (Å²) in [6.45, 7) is 2.01. The van der Waals surface area contributed by atoms with E-state index in [-0.39, 0.29) is 22.8 Å². The van der Waals surface area contributed by atoms with Gasteiger partial charge in [0, 0.05) is 63.0 Å². The van der Waals surface area contributed by atoms with Crippen molar-refractivity contribution in [2.24, 2.45) is 0 Å². The van der Waals surface area contributed by atoms with Crippen molar-refractivity contribution in [3.8, 4) is 0 Å². The highest BCUT2D eigenvalue weighted by Gasteiger charge is 2.23. The van der Waals surface area contributed by atoms with Crippen molar-refractivity contribution in [3.63, 3.8) is 0 Å². The zero-order valence-corrected chi connectivity index (χ0v) is 27.1. The molecule has 11 nitrogen and oxygen atoms in total. The highest BCUT2D eigenvalue weighted by molar-refractivity contribution is 6.28. The number of benzene rings is 4. The Kier molecular flexibility index (Phi) is 6.86. The van der Waals surface area contributed by atoms with Crippen LogP contribution in [-0.2, 0) is 0 Å². The molecular weight excluding hydrogens is 606 g/mol. The normalized spacial score (nSPS) is 12.5. The van der Waals surface area contributed by atoms with Crippen LogP contribution in [0, 0.1) is 0 Å². The number of pyridine rings is 2. The molecule has 8 rings (SSSR count). The van der Waals surface area contributed by atoms with E-state index in [1.807, 2.05) is 50.1 Å². The Morgan fingerprint density at radius 3 is 1.71 bits per heavy atom. The van der Waals surface area contributed by atoms with Crippen LogP contribution < -0.4 is 16.4 Å². The van der Waals surface area contributed by atoms with E-state index in [1.54, 1.807) is 57.3 Å². The third kappa shape index (κ3) is 4.49. The molecule has 8 aromatic rings. The standard InChI is InChI=1S/C37H33N7O4/c1-41(2)16-5-6-30(45)20-7-13-26-28(18-20)43-33(39-26)22-9-12-25-32-23(10-11-24(31(22)32)36(43)47)34-40-27-14-8-21(19-29(27)44(34)37(25)48)35(46)38-15-17-42(3)4/h7-14,18-19H,5-6,15-17H2,1-4H3,(H,38,46). The minimum Gasteiger partial charge on any atom is -0.351 e. The van der Waals surface area contributed by atoms with Crippen molar-refractivity contribution >= 4 is 77.4 Å². The fourth-order valence-corrected chi connectivity index (χ4v) is 6.90. The van der Waals surface area contributed by atoms with Crippen LogP contribution in [0.15, 0.2) is 70.3 Å². The number of likely N-dealkylation sites (N-methyl/N-ethyl adjacent to an activating group) is 1. The zero-order chi connectivity index (χ0) is 33.4. The number of fused-ring (bicyclic) bond motifs is 8. The van der Waals surface area contributed by atoms with Crippen molar-refractivity contribution < 1.29 is 9.59 Å². The molecule has 4 heterocycles. The number of rotatable bonds is 9. The van der Waals surface area contributed by atoms with Gasteiger partial charge >= 0.3 is 0 Å². The van der Waals surface area contributed by atoms with E-state index in [9.17, 15) is 19.2 Å². The molecular formula is C37H33N7O4. The molecule has 0 aliphatic carbocycles. The summed E-state index contributed by atoms with van der Waals surface area (Å²) >= 11 is 0. The molecule has 48 heavy (non-hydrogen) atoms. The third-order valence-electron chi connectivity index (χ3n) is 9.26. The lowest BCUT2D eigenvalue weighted by molar-refractivity contribution is 0.0949. The van der Waals surface area contributed by atoms with E-state index in [2.05, 4.69) is 5.32 Å². The number of hydrogen-bond acceptors (Lipinski definition) is 8. The van der Waals surface area contributed by atoms with E-state index in [0.717, 1.165) is 23.7 Å². The molecule has 0 atom stereocenters. The second-order valence-corrected chi connectivity index (χ2v) is 13.0. The molecule has 0 spiro atoms. The van der Waals surface area contributed by atoms with E-state index in [0.29, 0.717) is 85.5 Å². The van der Waals surface area contributed by atoms with Crippen LogP contribution in [0.1, 0.15) is 33.6 Å². The lowest BCUT2D eigenvalue weighted by Gasteiger charge is -2.12. The molecule has 0 bridgehead atoms. The summed E-state index contributed by atoms with van der Waals surface area (Å²) in [4.78, 5) is 68.0. The summed E-state index contributed by atoms with van der Waals surface area (Å²) < 4.78 is 3.14. The number of aromatic nitrogens is 4. The average molecular weight is 640 g/mol. The first-order valence-electron chi connectivity index (χ1n) is 16.0. The number of Topliss-reactive ketones (excluding diaryl/α,β-unsaturated/α-hetero) is 1. The third-order valence-corrected chi connectivity index (χ3v) is 9.26. The van der Waals surface area contributed by atoms with Gasteiger partial charge in [0.25, 0.3) is 17.0 Å². The van der Waals surface area contributed by atoms with Gasteiger partial charge in [-0.1, -0.05) is 0 Å². The van der Waals surface area contributed by atoms with Gasteiger partial charge in [-0.2, -0.15) is 0 Å². The number of imidazole rings is 2. The Morgan fingerprint density at radius 1 is 0.667 bits per heavy atom. The molecule has 0 saturated heterocycles. The largest absolute Gasteiger partial charge is 0.351 e. The molecule has 0 unspecified atom stereocenters. The summed E-state index contributed by atoms with van der Waals surface area (Å²) in [7, 11) is 7.84. The number of nitrogens with one attached hydrogen (secondary N) is 1.